The van der Waals surface area contributed by atoms with Gasteiger partial charge in [-0.25, -0.2) is 4.98 Å². The predicted molar refractivity (Wildman–Crippen MR) is 83.6 cm³/mol. The number of carbonyl (C=O) groups excluding carboxylic acids is 1. The molecule has 0 spiro atoms. The van der Waals surface area contributed by atoms with Crippen LogP contribution in [0.25, 0.3) is 6.08 Å². The van der Waals surface area contributed by atoms with Gasteiger partial charge in [0, 0.05) is 42.7 Å². The minimum Gasteiger partial charge on any atom is -0.324 e. The van der Waals surface area contributed by atoms with E-state index in [9.17, 15) is 4.79 Å². The summed E-state index contributed by atoms with van der Waals surface area (Å²) in [7, 11) is 1.95. The summed E-state index contributed by atoms with van der Waals surface area (Å²) < 4.78 is 3.78. The van der Waals surface area contributed by atoms with Crippen LogP contribution in [-0.2, 0) is 13.6 Å². The summed E-state index contributed by atoms with van der Waals surface area (Å²) in [6.07, 6.45) is 13.9. The standard InChI is InChI=1S/C17H20N4O/c1-20-10-13(15(19-20)12-5-3-2-4-6-12)9-14-11-21-8-7-18-17(21)16(14)22/h7-10,12H,2-6,11H2,1H3. The van der Waals surface area contributed by atoms with Gasteiger partial charge in [0.05, 0.1) is 12.2 Å². The minimum atomic E-state index is 0.0449. The number of imidazole rings is 1. The number of hydrogen-bond donors (Lipinski definition) is 0. The zero-order valence-corrected chi connectivity index (χ0v) is 12.8. The summed E-state index contributed by atoms with van der Waals surface area (Å²) in [4.78, 5) is 16.5. The van der Waals surface area contributed by atoms with Crippen molar-refractivity contribution < 1.29 is 4.79 Å². The molecule has 0 N–H and O–H groups in total. The topological polar surface area (TPSA) is 52.7 Å². The normalized spacial score (nSPS) is 20.8. The number of allylic oxidation sites excluding steroid dienone is 1. The molecule has 2 aliphatic rings. The van der Waals surface area contributed by atoms with Crippen LogP contribution in [0, 0.1) is 0 Å². The molecule has 114 valence electrons. The molecule has 1 aliphatic heterocycles. The maximum Gasteiger partial charge on any atom is 0.226 e. The molecule has 1 aliphatic carbocycles. The number of Topliss-reactive ketones (excluding diaryl/α,β-unsaturated/α-hetero) is 1. The quantitative estimate of drug-likeness (QED) is 0.801. The van der Waals surface area contributed by atoms with Crippen molar-refractivity contribution >= 4 is 11.9 Å². The fourth-order valence-electron chi connectivity index (χ4n) is 3.67. The lowest BCUT2D eigenvalue weighted by Gasteiger charge is -2.20. The van der Waals surface area contributed by atoms with E-state index >= 15 is 0 Å². The number of aryl methyl sites for hydroxylation is 1. The second kappa shape index (κ2) is 5.23. The van der Waals surface area contributed by atoms with Gasteiger partial charge in [0.15, 0.2) is 5.82 Å². The Bertz CT molecular complexity index is 747. The first-order valence-corrected chi connectivity index (χ1v) is 8.02. The van der Waals surface area contributed by atoms with Gasteiger partial charge >= 0.3 is 0 Å². The third-order valence-corrected chi connectivity index (χ3v) is 4.76. The zero-order chi connectivity index (χ0) is 15.1. The van der Waals surface area contributed by atoms with E-state index in [4.69, 9.17) is 0 Å². The lowest BCUT2D eigenvalue weighted by atomic mass is 9.85. The molecule has 3 heterocycles. The van der Waals surface area contributed by atoms with E-state index in [-0.39, 0.29) is 5.78 Å². The highest BCUT2D eigenvalue weighted by Gasteiger charge is 2.27. The van der Waals surface area contributed by atoms with Crippen LogP contribution in [0.2, 0.25) is 0 Å². The lowest BCUT2D eigenvalue weighted by Crippen LogP contribution is -2.07. The van der Waals surface area contributed by atoms with Gasteiger partial charge in [0.2, 0.25) is 5.78 Å². The van der Waals surface area contributed by atoms with E-state index in [1.807, 2.05) is 34.8 Å². The summed E-state index contributed by atoms with van der Waals surface area (Å²) in [6, 6.07) is 0. The summed E-state index contributed by atoms with van der Waals surface area (Å²) in [6.45, 7) is 0.618. The van der Waals surface area contributed by atoms with Crippen molar-refractivity contribution in [2.45, 2.75) is 44.6 Å². The SMILES string of the molecule is Cn1cc(C=C2Cn3ccnc3C2=O)c(C2CCCCC2)n1. The molecular formula is C17H20N4O. The highest BCUT2D eigenvalue weighted by Crippen LogP contribution is 2.34. The summed E-state index contributed by atoms with van der Waals surface area (Å²) in [5, 5.41) is 4.68. The maximum absolute atomic E-state index is 12.4. The van der Waals surface area contributed by atoms with E-state index in [1.54, 1.807) is 6.20 Å². The Labute approximate surface area is 129 Å². The number of aromatic nitrogens is 4. The second-order valence-corrected chi connectivity index (χ2v) is 6.36. The first-order chi connectivity index (χ1) is 10.7. The molecule has 5 nitrogen and oxygen atoms in total. The molecule has 1 fully saturated rings. The first-order valence-electron chi connectivity index (χ1n) is 8.02. The number of nitrogens with zero attached hydrogens (tertiary/aromatic N) is 4. The molecule has 0 amide bonds. The Morgan fingerprint density at radius 1 is 1.27 bits per heavy atom. The van der Waals surface area contributed by atoms with Crippen LogP contribution in [-0.4, -0.2) is 25.1 Å². The third-order valence-electron chi connectivity index (χ3n) is 4.76. The van der Waals surface area contributed by atoms with Gasteiger partial charge in [0.1, 0.15) is 0 Å². The van der Waals surface area contributed by atoms with Gasteiger partial charge in [-0.1, -0.05) is 19.3 Å². The zero-order valence-electron chi connectivity index (χ0n) is 12.8. The molecule has 2 aromatic rings. The molecule has 0 unspecified atom stereocenters. The molecule has 0 atom stereocenters. The van der Waals surface area contributed by atoms with E-state index in [2.05, 4.69) is 10.1 Å². The first kappa shape index (κ1) is 13.5. The number of fused-ring (bicyclic) bond motifs is 1. The minimum absolute atomic E-state index is 0.0449. The highest BCUT2D eigenvalue weighted by molar-refractivity contribution is 6.11. The van der Waals surface area contributed by atoms with Crippen LogP contribution >= 0.6 is 0 Å². The summed E-state index contributed by atoms with van der Waals surface area (Å²) in [5.74, 6) is 1.13. The van der Waals surface area contributed by atoms with E-state index < -0.39 is 0 Å². The van der Waals surface area contributed by atoms with E-state index in [0.29, 0.717) is 18.3 Å². The van der Waals surface area contributed by atoms with Crippen molar-refractivity contribution in [2.24, 2.45) is 7.05 Å². The smallest absolute Gasteiger partial charge is 0.226 e. The lowest BCUT2D eigenvalue weighted by molar-refractivity contribution is 0.103. The van der Waals surface area contributed by atoms with E-state index in [0.717, 1.165) is 16.8 Å². The fraction of sp³-hybridized carbons (Fsp3) is 0.471. The van der Waals surface area contributed by atoms with Crippen molar-refractivity contribution in [3.8, 4) is 0 Å². The molecule has 0 bridgehead atoms. The predicted octanol–water partition coefficient (Wildman–Crippen LogP) is 2.94. The molecular weight excluding hydrogens is 276 g/mol. The van der Waals surface area contributed by atoms with Gasteiger partial charge < -0.3 is 4.57 Å². The molecule has 4 rings (SSSR count). The fourth-order valence-corrected chi connectivity index (χ4v) is 3.67. The Balaban J connectivity index is 1.67. The van der Waals surface area contributed by atoms with Gasteiger partial charge in [-0.15, -0.1) is 0 Å². The number of ketones is 1. The third kappa shape index (κ3) is 2.21. The van der Waals surface area contributed by atoms with Crippen LogP contribution in [0.1, 0.15) is 59.9 Å². The average molecular weight is 296 g/mol. The number of rotatable bonds is 2. The Hall–Kier alpha value is -2.17. The van der Waals surface area contributed by atoms with Crippen LogP contribution in [0.15, 0.2) is 24.2 Å². The van der Waals surface area contributed by atoms with Crippen molar-refractivity contribution in [2.75, 3.05) is 0 Å². The Morgan fingerprint density at radius 2 is 2.09 bits per heavy atom. The van der Waals surface area contributed by atoms with Gasteiger partial charge in [-0.05, 0) is 18.9 Å². The summed E-state index contributed by atoms with van der Waals surface area (Å²) in [5.41, 5.74) is 3.07. The molecule has 0 aromatic carbocycles. The number of carbonyl (C=O) groups is 1. The Kier molecular flexibility index (Phi) is 3.21. The van der Waals surface area contributed by atoms with Crippen molar-refractivity contribution in [1.82, 2.24) is 19.3 Å². The van der Waals surface area contributed by atoms with Gasteiger partial charge in [0.25, 0.3) is 0 Å². The maximum atomic E-state index is 12.4. The van der Waals surface area contributed by atoms with Crippen LogP contribution in [0.4, 0.5) is 0 Å². The molecule has 2 aromatic heterocycles. The van der Waals surface area contributed by atoms with Crippen molar-refractivity contribution in [3.05, 3.63) is 41.2 Å². The summed E-state index contributed by atoms with van der Waals surface area (Å²) >= 11 is 0. The van der Waals surface area contributed by atoms with Crippen LogP contribution in [0.5, 0.6) is 0 Å². The highest BCUT2D eigenvalue weighted by atomic mass is 16.1. The molecule has 1 saturated carbocycles. The Morgan fingerprint density at radius 3 is 2.86 bits per heavy atom. The van der Waals surface area contributed by atoms with Crippen LogP contribution < -0.4 is 0 Å². The molecule has 0 saturated heterocycles. The monoisotopic (exact) mass is 296 g/mol. The largest absolute Gasteiger partial charge is 0.324 e. The molecule has 0 radical (unpaired) electrons. The molecule has 22 heavy (non-hydrogen) atoms. The molecule has 5 heteroatoms. The number of hydrogen-bond acceptors (Lipinski definition) is 3. The van der Waals surface area contributed by atoms with Crippen LogP contribution in [0.3, 0.4) is 0 Å². The van der Waals surface area contributed by atoms with E-state index in [1.165, 1.54) is 32.1 Å². The second-order valence-electron chi connectivity index (χ2n) is 6.36. The average Bonchev–Trinajstić information content (AvgIpc) is 3.19. The van der Waals surface area contributed by atoms with Crippen molar-refractivity contribution in [1.29, 1.82) is 0 Å². The van der Waals surface area contributed by atoms with Gasteiger partial charge in [-0.3, -0.25) is 9.48 Å². The van der Waals surface area contributed by atoms with Crippen molar-refractivity contribution in [3.63, 3.8) is 0 Å². The van der Waals surface area contributed by atoms with Gasteiger partial charge in [-0.2, -0.15) is 5.10 Å².